The number of carbonyl (C=O) groups excluding carboxylic acids is 2. The molecule has 1 fully saturated rings. The SMILES string of the molecule is COc1ccc(/C=C2\NC(=O)N(c3ccccc3Cl)C2=O)cc1. The van der Waals surface area contributed by atoms with Gasteiger partial charge in [0.2, 0.25) is 0 Å². The molecule has 2 aromatic rings. The van der Waals surface area contributed by atoms with Crippen molar-refractivity contribution < 1.29 is 14.3 Å². The minimum Gasteiger partial charge on any atom is -0.497 e. The van der Waals surface area contributed by atoms with E-state index in [1.807, 2.05) is 0 Å². The van der Waals surface area contributed by atoms with Crippen molar-refractivity contribution in [3.63, 3.8) is 0 Å². The zero-order valence-electron chi connectivity index (χ0n) is 12.2. The van der Waals surface area contributed by atoms with E-state index in [0.717, 1.165) is 10.5 Å². The predicted molar refractivity (Wildman–Crippen MR) is 88.4 cm³/mol. The molecular formula is C17H13ClN2O3. The number of hydrogen-bond donors (Lipinski definition) is 1. The molecule has 1 N–H and O–H groups in total. The number of imide groups is 1. The van der Waals surface area contributed by atoms with Crippen LogP contribution in [0.2, 0.25) is 5.02 Å². The standard InChI is InChI=1S/C17H13ClN2O3/c1-23-12-8-6-11(7-9-12)10-14-16(21)20(17(22)19-14)15-5-3-2-4-13(15)18/h2-10H,1H3,(H,19,22)/b14-10-. The smallest absolute Gasteiger partial charge is 0.333 e. The van der Waals surface area contributed by atoms with E-state index in [-0.39, 0.29) is 5.70 Å². The summed E-state index contributed by atoms with van der Waals surface area (Å²) >= 11 is 6.07. The molecule has 1 saturated heterocycles. The number of nitrogens with zero attached hydrogens (tertiary/aromatic N) is 1. The number of halogens is 1. The Morgan fingerprint density at radius 3 is 2.43 bits per heavy atom. The monoisotopic (exact) mass is 328 g/mol. The van der Waals surface area contributed by atoms with Gasteiger partial charge in [0, 0.05) is 0 Å². The molecule has 3 rings (SSSR count). The summed E-state index contributed by atoms with van der Waals surface area (Å²) in [5, 5.41) is 2.90. The highest BCUT2D eigenvalue weighted by Gasteiger charge is 2.35. The molecule has 1 aliphatic rings. The van der Waals surface area contributed by atoms with Crippen LogP contribution >= 0.6 is 11.6 Å². The first-order valence-corrected chi connectivity index (χ1v) is 7.23. The largest absolute Gasteiger partial charge is 0.497 e. The number of rotatable bonds is 3. The fourth-order valence-electron chi connectivity index (χ4n) is 2.25. The fraction of sp³-hybridized carbons (Fsp3) is 0.0588. The van der Waals surface area contributed by atoms with Crippen molar-refractivity contribution >= 4 is 35.3 Å². The Labute approximate surface area is 138 Å². The van der Waals surface area contributed by atoms with E-state index in [1.165, 1.54) is 0 Å². The van der Waals surface area contributed by atoms with Crippen LogP contribution in [-0.2, 0) is 4.79 Å². The molecule has 0 unspecified atom stereocenters. The lowest BCUT2D eigenvalue weighted by atomic mass is 10.2. The van der Waals surface area contributed by atoms with Gasteiger partial charge >= 0.3 is 6.03 Å². The molecule has 0 aromatic heterocycles. The summed E-state index contributed by atoms with van der Waals surface area (Å²) in [6, 6.07) is 13.3. The lowest BCUT2D eigenvalue weighted by Gasteiger charge is -2.13. The molecule has 0 spiro atoms. The second kappa shape index (κ2) is 6.14. The molecule has 3 amide bonds. The van der Waals surface area contributed by atoms with E-state index in [2.05, 4.69) is 5.32 Å². The van der Waals surface area contributed by atoms with Gasteiger partial charge < -0.3 is 10.1 Å². The van der Waals surface area contributed by atoms with Gasteiger partial charge in [0.05, 0.1) is 17.8 Å². The van der Waals surface area contributed by atoms with Crippen LogP contribution in [0.4, 0.5) is 10.5 Å². The molecular weight excluding hydrogens is 316 g/mol. The van der Waals surface area contributed by atoms with E-state index in [0.29, 0.717) is 16.5 Å². The van der Waals surface area contributed by atoms with E-state index in [1.54, 1.807) is 61.7 Å². The summed E-state index contributed by atoms with van der Waals surface area (Å²) in [5.41, 5.74) is 1.32. The number of nitrogens with one attached hydrogen (secondary N) is 1. The molecule has 0 saturated carbocycles. The third-order valence-corrected chi connectivity index (χ3v) is 3.72. The molecule has 0 radical (unpaired) electrons. The second-order valence-electron chi connectivity index (χ2n) is 4.85. The summed E-state index contributed by atoms with van der Waals surface area (Å²) in [4.78, 5) is 25.6. The Kier molecular flexibility index (Phi) is 4.04. The van der Waals surface area contributed by atoms with Gasteiger partial charge in [-0.1, -0.05) is 35.9 Å². The number of amides is 3. The van der Waals surface area contributed by atoms with Crippen molar-refractivity contribution in [2.75, 3.05) is 12.0 Å². The predicted octanol–water partition coefficient (Wildman–Crippen LogP) is 3.45. The summed E-state index contributed by atoms with van der Waals surface area (Å²) in [6.45, 7) is 0. The topological polar surface area (TPSA) is 58.6 Å². The van der Waals surface area contributed by atoms with Gasteiger partial charge in [-0.25, -0.2) is 9.69 Å². The number of anilines is 1. The van der Waals surface area contributed by atoms with E-state index >= 15 is 0 Å². The van der Waals surface area contributed by atoms with Crippen LogP contribution in [0.15, 0.2) is 54.2 Å². The number of para-hydroxylation sites is 1. The van der Waals surface area contributed by atoms with Crippen molar-refractivity contribution in [1.29, 1.82) is 0 Å². The average Bonchev–Trinajstić information content (AvgIpc) is 2.83. The first-order valence-electron chi connectivity index (χ1n) is 6.86. The van der Waals surface area contributed by atoms with E-state index in [4.69, 9.17) is 16.3 Å². The Balaban J connectivity index is 1.91. The summed E-state index contributed by atoms with van der Waals surface area (Å²) < 4.78 is 5.09. The Morgan fingerprint density at radius 1 is 1.09 bits per heavy atom. The Hall–Kier alpha value is -2.79. The molecule has 1 aliphatic heterocycles. The molecule has 2 aromatic carbocycles. The number of methoxy groups -OCH3 is 1. The molecule has 0 aliphatic carbocycles. The van der Waals surface area contributed by atoms with Gasteiger partial charge in [0.15, 0.2) is 0 Å². The van der Waals surface area contributed by atoms with Gasteiger partial charge in [-0.2, -0.15) is 0 Å². The van der Waals surface area contributed by atoms with Crippen LogP contribution < -0.4 is 15.0 Å². The van der Waals surface area contributed by atoms with Crippen LogP contribution in [0.3, 0.4) is 0 Å². The average molecular weight is 329 g/mol. The Bertz CT molecular complexity index is 800. The number of hydrogen-bond acceptors (Lipinski definition) is 3. The molecule has 0 atom stereocenters. The van der Waals surface area contributed by atoms with Crippen molar-refractivity contribution in [3.05, 3.63) is 64.8 Å². The van der Waals surface area contributed by atoms with Gasteiger partial charge in [-0.3, -0.25) is 4.79 Å². The minimum atomic E-state index is -0.525. The van der Waals surface area contributed by atoms with Crippen LogP contribution in [0.1, 0.15) is 5.56 Å². The molecule has 1 heterocycles. The van der Waals surface area contributed by atoms with E-state index < -0.39 is 11.9 Å². The van der Waals surface area contributed by atoms with Crippen LogP contribution in [-0.4, -0.2) is 19.0 Å². The minimum absolute atomic E-state index is 0.195. The number of carbonyl (C=O) groups is 2. The number of benzene rings is 2. The summed E-state index contributed by atoms with van der Waals surface area (Å²) in [6.07, 6.45) is 1.61. The van der Waals surface area contributed by atoms with Crippen molar-refractivity contribution in [1.82, 2.24) is 5.32 Å². The molecule has 6 heteroatoms. The van der Waals surface area contributed by atoms with Crippen molar-refractivity contribution in [3.8, 4) is 5.75 Å². The maximum Gasteiger partial charge on any atom is 0.333 e. The normalized spacial score (nSPS) is 15.9. The van der Waals surface area contributed by atoms with Gasteiger partial charge in [0.1, 0.15) is 11.4 Å². The van der Waals surface area contributed by atoms with Crippen molar-refractivity contribution in [2.45, 2.75) is 0 Å². The third-order valence-electron chi connectivity index (χ3n) is 3.40. The highest BCUT2D eigenvalue weighted by Crippen LogP contribution is 2.29. The maximum atomic E-state index is 12.5. The zero-order chi connectivity index (χ0) is 16.4. The zero-order valence-corrected chi connectivity index (χ0v) is 13.0. The highest BCUT2D eigenvalue weighted by molar-refractivity contribution is 6.37. The number of urea groups is 1. The van der Waals surface area contributed by atoms with Gasteiger partial charge in [0.25, 0.3) is 5.91 Å². The fourth-order valence-corrected chi connectivity index (χ4v) is 2.47. The summed E-state index contributed by atoms with van der Waals surface area (Å²) in [7, 11) is 1.58. The molecule has 0 bridgehead atoms. The third kappa shape index (κ3) is 2.91. The lowest BCUT2D eigenvalue weighted by Crippen LogP contribution is -2.30. The first-order chi connectivity index (χ1) is 11.1. The Morgan fingerprint density at radius 2 is 1.78 bits per heavy atom. The quantitative estimate of drug-likeness (QED) is 0.693. The lowest BCUT2D eigenvalue weighted by molar-refractivity contribution is -0.113. The molecule has 116 valence electrons. The summed E-state index contributed by atoms with van der Waals surface area (Å²) in [5.74, 6) is 0.269. The highest BCUT2D eigenvalue weighted by atomic mass is 35.5. The van der Waals surface area contributed by atoms with Crippen LogP contribution in [0.25, 0.3) is 6.08 Å². The second-order valence-corrected chi connectivity index (χ2v) is 5.26. The van der Waals surface area contributed by atoms with Gasteiger partial charge in [-0.15, -0.1) is 0 Å². The number of ether oxygens (including phenoxy) is 1. The van der Waals surface area contributed by atoms with E-state index in [9.17, 15) is 9.59 Å². The molecule has 5 nitrogen and oxygen atoms in total. The maximum absolute atomic E-state index is 12.5. The van der Waals surface area contributed by atoms with Crippen LogP contribution in [0.5, 0.6) is 5.75 Å². The van der Waals surface area contributed by atoms with Crippen LogP contribution in [0, 0.1) is 0 Å². The van der Waals surface area contributed by atoms with Crippen molar-refractivity contribution in [2.24, 2.45) is 0 Å². The first kappa shape index (κ1) is 15.1. The molecule has 23 heavy (non-hydrogen) atoms. The van der Waals surface area contributed by atoms with Gasteiger partial charge in [-0.05, 0) is 35.9 Å².